The summed E-state index contributed by atoms with van der Waals surface area (Å²) in [5, 5.41) is 0.640. The number of rotatable bonds is 4. The van der Waals surface area contributed by atoms with Crippen molar-refractivity contribution in [2.45, 2.75) is 20.0 Å². The number of halogens is 1. The first kappa shape index (κ1) is 9.73. The second kappa shape index (κ2) is 5.51. The number of hydrogen-bond donors (Lipinski definition) is 0. The van der Waals surface area contributed by atoms with Gasteiger partial charge in [-0.25, -0.2) is 0 Å². The van der Waals surface area contributed by atoms with Gasteiger partial charge in [0.2, 0.25) is 0 Å². The van der Waals surface area contributed by atoms with Gasteiger partial charge in [0.15, 0.2) is 0 Å². The van der Waals surface area contributed by atoms with Crippen molar-refractivity contribution in [2.24, 2.45) is 0 Å². The van der Waals surface area contributed by atoms with Gasteiger partial charge < -0.3 is 4.74 Å². The van der Waals surface area contributed by atoms with Crippen LogP contribution in [0.1, 0.15) is 13.8 Å². The van der Waals surface area contributed by atoms with Gasteiger partial charge in [0.25, 0.3) is 0 Å². The van der Waals surface area contributed by atoms with E-state index in [1.54, 1.807) is 6.08 Å². The Kier molecular flexibility index (Phi) is 5.36. The molecule has 0 saturated heterocycles. The van der Waals surface area contributed by atoms with Crippen LogP contribution in [0.4, 0.5) is 0 Å². The molecule has 0 spiro atoms. The standard InChI is InChI=1S/C8H13ClO/c1-4-8(9)6-7(3)10-5-2/h4,6-7H,1,5H2,2-3H3/b8-6-. The average Bonchev–Trinajstić information content (AvgIpc) is 1.88. The zero-order chi connectivity index (χ0) is 7.98. The summed E-state index contributed by atoms with van der Waals surface area (Å²) in [5.74, 6) is 0. The van der Waals surface area contributed by atoms with E-state index >= 15 is 0 Å². The smallest absolute Gasteiger partial charge is 0.0744 e. The molecule has 0 aromatic carbocycles. The van der Waals surface area contributed by atoms with Gasteiger partial charge in [-0.1, -0.05) is 24.3 Å². The number of allylic oxidation sites excluding steroid dienone is 2. The molecule has 1 unspecified atom stereocenters. The van der Waals surface area contributed by atoms with Gasteiger partial charge in [-0.3, -0.25) is 0 Å². The van der Waals surface area contributed by atoms with Crippen molar-refractivity contribution in [2.75, 3.05) is 6.61 Å². The Labute approximate surface area is 67.3 Å². The number of ether oxygens (including phenoxy) is 1. The normalized spacial score (nSPS) is 14.9. The van der Waals surface area contributed by atoms with E-state index in [0.717, 1.165) is 0 Å². The molecule has 1 atom stereocenters. The van der Waals surface area contributed by atoms with Crippen LogP contribution in [0, 0.1) is 0 Å². The van der Waals surface area contributed by atoms with Crippen molar-refractivity contribution >= 4 is 11.6 Å². The minimum absolute atomic E-state index is 0.0792. The third kappa shape index (κ3) is 4.59. The van der Waals surface area contributed by atoms with E-state index in [0.29, 0.717) is 11.6 Å². The molecule has 0 amide bonds. The molecule has 2 heteroatoms. The lowest BCUT2D eigenvalue weighted by Gasteiger charge is -2.04. The Balaban J connectivity index is 3.73. The topological polar surface area (TPSA) is 9.23 Å². The molecule has 0 fully saturated rings. The zero-order valence-corrected chi connectivity index (χ0v) is 7.19. The van der Waals surface area contributed by atoms with E-state index in [4.69, 9.17) is 16.3 Å². The van der Waals surface area contributed by atoms with E-state index in [2.05, 4.69) is 6.58 Å². The maximum Gasteiger partial charge on any atom is 0.0744 e. The second-order valence-electron chi connectivity index (χ2n) is 1.92. The monoisotopic (exact) mass is 160 g/mol. The molecule has 0 aliphatic rings. The van der Waals surface area contributed by atoms with Crippen LogP contribution in [0.3, 0.4) is 0 Å². The Morgan fingerprint density at radius 1 is 1.80 bits per heavy atom. The second-order valence-corrected chi connectivity index (χ2v) is 2.35. The first-order valence-corrected chi connectivity index (χ1v) is 3.69. The highest BCUT2D eigenvalue weighted by Gasteiger charge is 1.94. The molecule has 0 heterocycles. The molecule has 0 rings (SSSR count). The molecule has 58 valence electrons. The fourth-order valence-electron chi connectivity index (χ4n) is 0.603. The summed E-state index contributed by atoms with van der Waals surface area (Å²) < 4.78 is 5.21. The predicted octanol–water partition coefficient (Wildman–Crippen LogP) is 2.72. The van der Waals surface area contributed by atoms with E-state index in [-0.39, 0.29) is 6.10 Å². The van der Waals surface area contributed by atoms with Crippen LogP contribution in [0.2, 0.25) is 0 Å². The van der Waals surface area contributed by atoms with Gasteiger partial charge in [-0.2, -0.15) is 0 Å². The molecule has 0 bridgehead atoms. The lowest BCUT2D eigenvalue weighted by atomic mass is 10.3. The zero-order valence-electron chi connectivity index (χ0n) is 6.43. The van der Waals surface area contributed by atoms with Gasteiger partial charge in [0, 0.05) is 11.6 Å². The Hall–Kier alpha value is -0.270. The van der Waals surface area contributed by atoms with Gasteiger partial charge >= 0.3 is 0 Å². The average molecular weight is 161 g/mol. The lowest BCUT2D eigenvalue weighted by Crippen LogP contribution is -2.03. The van der Waals surface area contributed by atoms with E-state index < -0.39 is 0 Å². The van der Waals surface area contributed by atoms with Crippen molar-refractivity contribution in [1.29, 1.82) is 0 Å². The summed E-state index contributed by atoms with van der Waals surface area (Å²) >= 11 is 5.66. The molecule has 0 aromatic rings. The van der Waals surface area contributed by atoms with E-state index in [1.165, 1.54) is 0 Å². The van der Waals surface area contributed by atoms with Crippen LogP contribution in [0.5, 0.6) is 0 Å². The Bertz CT molecular complexity index is 129. The van der Waals surface area contributed by atoms with Crippen molar-refractivity contribution in [1.82, 2.24) is 0 Å². The first-order chi connectivity index (χ1) is 4.70. The van der Waals surface area contributed by atoms with E-state index in [9.17, 15) is 0 Å². The van der Waals surface area contributed by atoms with Gasteiger partial charge in [0.05, 0.1) is 6.10 Å². The fraction of sp³-hybridized carbons (Fsp3) is 0.500. The van der Waals surface area contributed by atoms with Crippen LogP contribution in [-0.2, 0) is 4.74 Å². The van der Waals surface area contributed by atoms with Gasteiger partial charge in [-0.05, 0) is 19.9 Å². The summed E-state index contributed by atoms with van der Waals surface area (Å²) in [6, 6.07) is 0. The molecule has 0 aromatic heterocycles. The maximum atomic E-state index is 5.66. The lowest BCUT2D eigenvalue weighted by molar-refractivity contribution is 0.109. The van der Waals surface area contributed by atoms with Crippen LogP contribution in [-0.4, -0.2) is 12.7 Å². The van der Waals surface area contributed by atoms with Crippen molar-refractivity contribution < 1.29 is 4.74 Å². The molecule has 0 aliphatic heterocycles. The maximum absolute atomic E-state index is 5.66. The predicted molar refractivity (Wildman–Crippen MR) is 45.2 cm³/mol. The van der Waals surface area contributed by atoms with Gasteiger partial charge in [0.1, 0.15) is 0 Å². The largest absolute Gasteiger partial charge is 0.375 e. The summed E-state index contributed by atoms with van der Waals surface area (Å²) in [6.07, 6.45) is 3.49. The molecule has 1 nitrogen and oxygen atoms in total. The van der Waals surface area contributed by atoms with Crippen molar-refractivity contribution in [3.63, 3.8) is 0 Å². The highest BCUT2D eigenvalue weighted by molar-refractivity contribution is 6.31. The quantitative estimate of drug-likeness (QED) is 0.575. The minimum atomic E-state index is 0.0792. The summed E-state index contributed by atoms with van der Waals surface area (Å²) in [5.41, 5.74) is 0. The molecular formula is C8H13ClO. The summed E-state index contributed by atoms with van der Waals surface area (Å²) in [7, 11) is 0. The molecule has 0 N–H and O–H groups in total. The molecule has 0 aliphatic carbocycles. The molecule has 0 saturated carbocycles. The first-order valence-electron chi connectivity index (χ1n) is 3.32. The Morgan fingerprint density at radius 2 is 2.40 bits per heavy atom. The Morgan fingerprint density at radius 3 is 2.80 bits per heavy atom. The van der Waals surface area contributed by atoms with Crippen molar-refractivity contribution in [3.8, 4) is 0 Å². The molecule has 10 heavy (non-hydrogen) atoms. The molecular weight excluding hydrogens is 148 g/mol. The fourth-order valence-corrected chi connectivity index (χ4v) is 0.781. The van der Waals surface area contributed by atoms with Gasteiger partial charge in [-0.15, -0.1) is 0 Å². The van der Waals surface area contributed by atoms with Crippen LogP contribution in [0.15, 0.2) is 23.8 Å². The third-order valence-electron chi connectivity index (χ3n) is 1.02. The SMILES string of the molecule is C=C/C(Cl)=C/C(C)OCC. The summed E-state index contributed by atoms with van der Waals surface area (Å²) in [4.78, 5) is 0. The highest BCUT2D eigenvalue weighted by Crippen LogP contribution is 2.05. The van der Waals surface area contributed by atoms with Crippen LogP contribution >= 0.6 is 11.6 Å². The van der Waals surface area contributed by atoms with Crippen LogP contribution < -0.4 is 0 Å². The molecule has 0 radical (unpaired) electrons. The summed E-state index contributed by atoms with van der Waals surface area (Å²) in [6.45, 7) is 8.12. The van der Waals surface area contributed by atoms with Crippen LogP contribution in [0.25, 0.3) is 0 Å². The van der Waals surface area contributed by atoms with E-state index in [1.807, 2.05) is 19.9 Å². The highest BCUT2D eigenvalue weighted by atomic mass is 35.5. The third-order valence-corrected chi connectivity index (χ3v) is 1.30. The van der Waals surface area contributed by atoms with Crippen molar-refractivity contribution in [3.05, 3.63) is 23.8 Å². The number of hydrogen-bond acceptors (Lipinski definition) is 1. The minimum Gasteiger partial charge on any atom is -0.375 e.